The van der Waals surface area contributed by atoms with Gasteiger partial charge in [-0.3, -0.25) is 9.59 Å². The lowest BCUT2D eigenvalue weighted by Gasteiger charge is -2.20. The van der Waals surface area contributed by atoms with E-state index in [0.717, 1.165) is 0 Å². The summed E-state index contributed by atoms with van der Waals surface area (Å²) in [6.07, 6.45) is 0.656. The quantitative estimate of drug-likeness (QED) is 0.408. The standard InChI is InChI=1S/C17H26N2O5/c1-11-15(12(2)18(4)16(11)17(22)24-6)14(21)10-19(13(3)20)8-7-9-23-5/h7-10H2,1-6H3. The lowest BCUT2D eigenvalue weighted by molar-refractivity contribution is -0.128. The van der Waals surface area contributed by atoms with Gasteiger partial charge in [0, 0.05) is 45.5 Å². The number of carbonyl (C=O) groups excluding carboxylic acids is 3. The van der Waals surface area contributed by atoms with Gasteiger partial charge in [-0.05, 0) is 25.8 Å². The smallest absolute Gasteiger partial charge is 0.354 e. The number of carbonyl (C=O) groups is 3. The molecular formula is C17H26N2O5. The Bertz CT molecular complexity index is 633. The Morgan fingerprint density at radius 2 is 1.79 bits per heavy atom. The van der Waals surface area contributed by atoms with Gasteiger partial charge in [-0.1, -0.05) is 0 Å². The molecule has 134 valence electrons. The van der Waals surface area contributed by atoms with Crippen molar-refractivity contribution in [2.24, 2.45) is 7.05 Å². The van der Waals surface area contributed by atoms with Crippen LogP contribution in [0.15, 0.2) is 0 Å². The van der Waals surface area contributed by atoms with Gasteiger partial charge in [0.2, 0.25) is 5.91 Å². The second-order valence-electron chi connectivity index (χ2n) is 5.69. The Kier molecular flexibility index (Phi) is 7.16. The molecule has 0 aliphatic carbocycles. The minimum Gasteiger partial charge on any atom is -0.464 e. The number of rotatable bonds is 8. The van der Waals surface area contributed by atoms with Crippen molar-refractivity contribution < 1.29 is 23.9 Å². The van der Waals surface area contributed by atoms with E-state index in [1.165, 1.54) is 18.9 Å². The fraction of sp³-hybridized carbons (Fsp3) is 0.588. The Morgan fingerprint density at radius 3 is 2.29 bits per heavy atom. The van der Waals surface area contributed by atoms with E-state index >= 15 is 0 Å². The third kappa shape index (κ3) is 4.23. The zero-order valence-electron chi connectivity index (χ0n) is 15.3. The number of ether oxygens (including phenoxy) is 2. The molecule has 24 heavy (non-hydrogen) atoms. The minimum atomic E-state index is -0.485. The highest BCUT2D eigenvalue weighted by Crippen LogP contribution is 2.22. The highest BCUT2D eigenvalue weighted by atomic mass is 16.5. The van der Waals surface area contributed by atoms with Crippen molar-refractivity contribution in [1.82, 2.24) is 9.47 Å². The van der Waals surface area contributed by atoms with E-state index in [0.29, 0.717) is 42.1 Å². The molecule has 1 heterocycles. The summed E-state index contributed by atoms with van der Waals surface area (Å²) in [6.45, 7) is 5.87. The number of hydrogen-bond acceptors (Lipinski definition) is 5. The highest BCUT2D eigenvalue weighted by molar-refractivity contribution is 6.04. The molecule has 0 bridgehead atoms. The Morgan fingerprint density at radius 1 is 1.17 bits per heavy atom. The van der Waals surface area contributed by atoms with Crippen LogP contribution < -0.4 is 0 Å². The number of esters is 1. The largest absolute Gasteiger partial charge is 0.464 e. The molecule has 0 spiro atoms. The van der Waals surface area contributed by atoms with Crippen molar-refractivity contribution in [3.05, 3.63) is 22.5 Å². The lowest BCUT2D eigenvalue weighted by atomic mass is 10.1. The van der Waals surface area contributed by atoms with Gasteiger partial charge in [0.15, 0.2) is 5.78 Å². The molecule has 0 fully saturated rings. The Balaban J connectivity index is 3.06. The molecule has 1 rings (SSSR count). The summed E-state index contributed by atoms with van der Waals surface area (Å²) in [6, 6.07) is 0. The van der Waals surface area contributed by atoms with Crippen LogP contribution >= 0.6 is 0 Å². The molecule has 1 aromatic rings. The van der Waals surface area contributed by atoms with E-state index in [4.69, 9.17) is 9.47 Å². The van der Waals surface area contributed by atoms with Crippen molar-refractivity contribution in [2.45, 2.75) is 27.2 Å². The minimum absolute atomic E-state index is 0.0225. The first-order chi connectivity index (χ1) is 11.3. The number of nitrogens with zero attached hydrogens (tertiary/aromatic N) is 2. The monoisotopic (exact) mass is 338 g/mol. The van der Waals surface area contributed by atoms with Crippen LogP contribution in [0.5, 0.6) is 0 Å². The van der Waals surface area contributed by atoms with Crippen molar-refractivity contribution >= 4 is 17.7 Å². The summed E-state index contributed by atoms with van der Waals surface area (Å²) in [4.78, 5) is 37.9. The van der Waals surface area contributed by atoms with Crippen LogP contribution in [0, 0.1) is 13.8 Å². The Hall–Kier alpha value is -2.15. The molecule has 0 radical (unpaired) electrons. The molecule has 0 saturated carbocycles. The van der Waals surface area contributed by atoms with Crippen LogP contribution in [0.2, 0.25) is 0 Å². The Labute approximate surface area is 142 Å². The fourth-order valence-corrected chi connectivity index (χ4v) is 2.77. The van der Waals surface area contributed by atoms with E-state index in [9.17, 15) is 14.4 Å². The molecule has 1 amide bonds. The molecule has 7 nitrogen and oxygen atoms in total. The summed E-state index contributed by atoms with van der Waals surface area (Å²) in [5.74, 6) is -0.845. The van der Waals surface area contributed by atoms with Gasteiger partial charge in [-0.2, -0.15) is 0 Å². The van der Waals surface area contributed by atoms with Gasteiger partial charge in [-0.25, -0.2) is 4.79 Å². The van der Waals surface area contributed by atoms with Gasteiger partial charge < -0.3 is 18.9 Å². The topological polar surface area (TPSA) is 77.8 Å². The van der Waals surface area contributed by atoms with E-state index in [-0.39, 0.29) is 18.2 Å². The summed E-state index contributed by atoms with van der Waals surface area (Å²) in [5.41, 5.74) is 2.08. The SMILES string of the molecule is COCCCN(CC(=O)c1c(C)c(C(=O)OC)n(C)c1C)C(C)=O. The number of amides is 1. The second-order valence-corrected chi connectivity index (χ2v) is 5.69. The summed E-state index contributed by atoms with van der Waals surface area (Å²) in [5, 5.41) is 0. The first-order valence-electron chi connectivity index (χ1n) is 7.78. The average Bonchev–Trinajstić information content (AvgIpc) is 2.75. The van der Waals surface area contributed by atoms with E-state index in [2.05, 4.69) is 0 Å². The van der Waals surface area contributed by atoms with Gasteiger partial charge in [0.1, 0.15) is 5.69 Å². The molecular weight excluding hydrogens is 312 g/mol. The number of aromatic nitrogens is 1. The van der Waals surface area contributed by atoms with Gasteiger partial charge in [0.25, 0.3) is 0 Å². The molecule has 0 unspecified atom stereocenters. The number of ketones is 1. The number of methoxy groups -OCH3 is 2. The first-order valence-corrected chi connectivity index (χ1v) is 7.78. The maximum absolute atomic E-state index is 12.7. The molecule has 0 aliphatic heterocycles. The molecule has 0 atom stereocenters. The predicted molar refractivity (Wildman–Crippen MR) is 89.3 cm³/mol. The predicted octanol–water partition coefficient (Wildman–Crippen LogP) is 1.50. The third-order valence-electron chi connectivity index (χ3n) is 4.14. The van der Waals surface area contributed by atoms with Crippen LogP contribution in [-0.2, 0) is 21.3 Å². The lowest BCUT2D eigenvalue weighted by Crippen LogP contribution is -2.35. The number of Topliss-reactive ketones (excluding diaryl/α,β-unsaturated/α-hetero) is 1. The summed E-state index contributed by atoms with van der Waals surface area (Å²) < 4.78 is 11.4. The summed E-state index contributed by atoms with van der Waals surface area (Å²) in [7, 11) is 4.61. The fourth-order valence-electron chi connectivity index (χ4n) is 2.77. The third-order valence-corrected chi connectivity index (χ3v) is 4.14. The first kappa shape index (κ1) is 19.9. The maximum Gasteiger partial charge on any atom is 0.354 e. The van der Waals surface area contributed by atoms with Crippen LogP contribution in [-0.4, -0.2) is 61.0 Å². The van der Waals surface area contributed by atoms with E-state index in [1.807, 2.05) is 0 Å². The highest BCUT2D eigenvalue weighted by Gasteiger charge is 2.26. The van der Waals surface area contributed by atoms with Crippen molar-refractivity contribution in [3.63, 3.8) is 0 Å². The van der Waals surface area contributed by atoms with Crippen molar-refractivity contribution in [2.75, 3.05) is 33.9 Å². The zero-order chi connectivity index (χ0) is 18.4. The summed E-state index contributed by atoms with van der Waals surface area (Å²) >= 11 is 0. The van der Waals surface area contributed by atoms with Crippen molar-refractivity contribution in [3.8, 4) is 0 Å². The van der Waals surface area contributed by atoms with Crippen LogP contribution in [0.4, 0.5) is 0 Å². The molecule has 0 N–H and O–H groups in total. The van der Waals surface area contributed by atoms with Crippen LogP contribution in [0.25, 0.3) is 0 Å². The molecule has 0 aromatic carbocycles. The van der Waals surface area contributed by atoms with Crippen LogP contribution in [0.1, 0.15) is 45.4 Å². The molecule has 7 heteroatoms. The van der Waals surface area contributed by atoms with Gasteiger partial charge >= 0.3 is 5.97 Å². The van der Waals surface area contributed by atoms with Crippen LogP contribution in [0.3, 0.4) is 0 Å². The number of hydrogen-bond donors (Lipinski definition) is 0. The average molecular weight is 338 g/mol. The van der Waals surface area contributed by atoms with E-state index in [1.54, 1.807) is 32.6 Å². The maximum atomic E-state index is 12.7. The molecule has 0 saturated heterocycles. The zero-order valence-corrected chi connectivity index (χ0v) is 15.3. The van der Waals surface area contributed by atoms with Crippen molar-refractivity contribution in [1.29, 1.82) is 0 Å². The molecule has 0 aliphatic rings. The second kappa shape index (κ2) is 8.63. The van der Waals surface area contributed by atoms with E-state index < -0.39 is 5.97 Å². The molecule has 1 aromatic heterocycles. The van der Waals surface area contributed by atoms with Gasteiger partial charge in [0.05, 0.1) is 13.7 Å². The van der Waals surface area contributed by atoms with Gasteiger partial charge in [-0.15, -0.1) is 0 Å². The normalized spacial score (nSPS) is 10.6.